The standard InChI is InChI=1S/C8H11N3O/c1-2-4-11-5-3-10-7(6-11)8(9)12/h2-3,6H,1,4-5H2,(H2,9,12). The van der Waals surface area contributed by atoms with E-state index in [9.17, 15) is 4.79 Å². The fourth-order valence-corrected chi connectivity index (χ4v) is 0.923. The van der Waals surface area contributed by atoms with Gasteiger partial charge in [-0.25, -0.2) is 0 Å². The molecule has 0 aromatic heterocycles. The van der Waals surface area contributed by atoms with Crippen molar-refractivity contribution in [1.82, 2.24) is 4.90 Å². The molecule has 0 atom stereocenters. The topological polar surface area (TPSA) is 58.7 Å². The zero-order chi connectivity index (χ0) is 8.97. The molecule has 0 spiro atoms. The SMILES string of the molecule is C=CCN1C=C(C(N)=O)N=CC1. The highest BCUT2D eigenvalue weighted by Gasteiger charge is 2.08. The first-order valence-corrected chi connectivity index (χ1v) is 3.63. The highest BCUT2D eigenvalue weighted by Crippen LogP contribution is 2.03. The van der Waals surface area contributed by atoms with Crippen LogP contribution in [0.15, 0.2) is 29.5 Å². The number of nitrogens with zero attached hydrogens (tertiary/aromatic N) is 2. The molecule has 1 aliphatic heterocycles. The zero-order valence-electron chi connectivity index (χ0n) is 6.73. The number of carbonyl (C=O) groups excluding carboxylic acids is 1. The largest absolute Gasteiger partial charge is 0.366 e. The van der Waals surface area contributed by atoms with Crippen molar-refractivity contribution in [2.45, 2.75) is 0 Å². The van der Waals surface area contributed by atoms with Crippen molar-refractivity contribution in [2.75, 3.05) is 13.1 Å². The monoisotopic (exact) mass is 165 g/mol. The molecule has 0 aromatic rings. The van der Waals surface area contributed by atoms with E-state index in [2.05, 4.69) is 11.6 Å². The van der Waals surface area contributed by atoms with E-state index in [4.69, 9.17) is 5.73 Å². The van der Waals surface area contributed by atoms with Gasteiger partial charge in [0.05, 0.1) is 6.54 Å². The zero-order valence-corrected chi connectivity index (χ0v) is 6.73. The van der Waals surface area contributed by atoms with Crippen LogP contribution in [0.3, 0.4) is 0 Å². The lowest BCUT2D eigenvalue weighted by Gasteiger charge is -2.19. The van der Waals surface area contributed by atoms with E-state index in [0.717, 1.165) is 0 Å². The Labute approximate surface area is 71.1 Å². The predicted octanol–water partition coefficient (Wildman–Crippen LogP) is -0.114. The fraction of sp³-hybridized carbons (Fsp3) is 0.250. The van der Waals surface area contributed by atoms with Gasteiger partial charge in [-0.15, -0.1) is 6.58 Å². The lowest BCUT2D eigenvalue weighted by molar-refractivity contribution is -0.114. The molecule has 4 nitrogen and oxygen atoms in total. The first-order valence-electron chi connectivity index (χ1n) is 3.63. The average Bonchev–Trinajstić information content (AvgIpc) is 2.05. The molecule has 0 radical (unpaired) electrons. The van der Waals surface area contributed by atoms with E-state index >= 15 is 0 Å². The minimum absolute atomic E-state index is 0.295. The Morgan fingerprint density at radius 1 is 1.92 bits per heavy atom. The van der Waals surface area contributed by atoms with Crippen molar-refractivity contribution in [1.29, 1.82) is 0 Å². The molecule has 0 unspecified atom stereocenters. The minimum atomic E-state index is -0.500. The first-order chi connectivity index (χ1) is 5.74. The number of nitrogens with two attached hydrogens (primary N) is 1. The highest BCUT2D eigenvalue weighted by atomic mass is 16.1. The van der Waals surface area contributed by atoms with Crippen LogP contribution in [0, 0.1) is 0 Å². The van der Waals surface area contributed by atoms with Crippen molar-refractivity contribution in [3.63, 3.8) is 0 Å². The molecule has 1 heterocycles. The fourth-order valence-electron chi connectivity index (χ4n) is 0.923. The summed E-state index contributed by atoms with van der Waals surface area (Å²) < 4.78 is 0. The molecule has 4 heteroatoms. The molecule has 0 bridgehead atoms. The average molecular weight is 165 g/mol. The molecule has 2 N–H and O–H groups in total. The number of rotatable bonds is 3. The molecule has 0 aliphatic carbocycles. The quantitative estimate of drug-likeness (QED) is 0.593. The van der Waals surface area contributed by atoms with E-state index in [1.807, 2.05) is 4.90 Å². The molecule has 0 saturated carbocycles. The van der Waals surface area contributed by atoms with Crippen LogP contribution in [0.25, 0.3) is 0 Å². The van der Waals surface area contributed by atoms with Crippen LogP contribution >= 0.6 is 0 Å². The van der Waals surface area contributed by atoms with Gasteiger partial charge in [-0.2, -0.15) is 0 Å². The Morgan fingerprint density at radius 3 is 3.25 bits per heavy atom. The molecule has 1 aliphatic rings. The molecular weight excluding hydrogens is 154 g/mol. The second-order valence-electron chi connectivity index (χ2n) is 2.43. The summed E-state index contributed by atoms with van der Waals surface area (Å²) in [4.78, 5) is 16.4. The summed E-state index contributed by atoms with van der Waals surface area (Å²) in [5.41, 5.74) is 5.35. The number of carbonyl (C=O) groups is 1. The molecular formula is C8H11N3O. The summed E-state index contributed by atoms with van der Waals surface area (Å²) in [7, 11) is 0. The van der Waals surface area contributed by atoms with Crippen LogP contribution in [0.2, 0.25) is 0 Å². The van der Waals surface area contributed by atoms with Crippen molar-refractivity contribution < 1.29 is 4.79 Å². The first kappa shape index (κ1) is 8.52. The Hall–Kier alpha value is -1.58. The second-order valence-corrected chi connectivity index (χ2v) is 2.43. The van der Waals surface area contributed by atoms with Gasteiger partial charge in [-0.1, -0.05) is 6.08 Å². The van der Waals surface area contributed by atoms with Gasteiger partial charge >= 0.3 is 0 Å². The number of hydrogen-bond donors (Lipinski definition) is 1. The number of amides is 1. The van der Waals surface area contributed by atoms with Crippen LogP contribution < -0.4 is 5.73 Å². The van der Waals surface area contributed by atoms with Crippen molar-refractivity contribution in [3.05, 3.63) is 24.6 Å². The normalized spacial score (nSPS) is 15.7. The van der Waals surface area contributed by atoms with Gasteiger partial charge in [0, 0.05) is 19.0 Å². The maximum atomic E-state index is 10.7. The molecule has 1 amide bonds. The van der Waals surface area contributed by atoms with E-state index in [-0.39, 0.29) is 0 Å². The third-order valence-corrected chi connectivity index (χ3v) is 1.47. The number of aliphatic imine (C=N–C) groups is 1. The Morgan fingerprint density at radius 2 is 2.67 bits per heavy atom. The molecule has 64 valence electrons. The van der Waals surface area contributed by atoms with Gasteiger partial charge in [0.1, 0.15) is 5.70 Å². The minimum Gasteiger partial charge on any atom is -0.366 e. The summed E-state index contributed by atoms with van der Waals surface area (Å²) in [6, 6.07) is 0. The summed E-state index contributed by atoms with van der Waals surface area (Å²) in [6.07, 6.45) is 5.06. The van der Waals surface area contributed by atoms with E-state index in [0.29, 0.717) is 18.8 Å². The summed E-state index contributed by atoms with van der Waals surface area (Å²) in [5, 5.41) is 0. The van der Waals surface area contributed by atoms with Crippen LogP contribution in [-0.4, -0.2) is 30.1 Å². The molecule has 0 fully saturated rings. The van der Waals surface area contributed by atoms with Crippen molar-refractivity contribution >= 4 is 12.1 Å². The highest BCUT2D eigenvalue weighted by molar-refractivity contribution is 5.93. The van der Waals surface area contributed by atoms with Gasteiger partial charge in [0.25, 0.3) is 5.91 Å². The van der Waals surface area contributed by atoms with Crippen molar-refractivity contribution in [3.8, 4) is 0 Å². The van der Waals surface area contributed by atoms with E-state index in [1.54, 1.807) is 18.5 Å². The van der Waals surface area contributed by atoms with E-state index < -0.39 is 5.91 Å². The summed E-state index contributed by atoms with van der Waals surface area (Å²) in [6.45, 7) is 4.99. The lowest BCUT2D eigenvalue weighted by Crippen LogP contribution is -2.26. The third-order valence-electron chi connectivity index (χ3n) is 1.47. The van der Waals surface area contributed by atoms with Gasteiger partial charge in [-0.05, 0) is 0 Å². The van der Waals surface area contributed by atoms with Crippen LogP contribution in [0.1, 0.15) is 0 Å². The van der Waals surface area contributed by atoms with Crippen LogP contribution in [0.5, 0.6) is 0 Å². The molecule has 1 rings (SSSR count). The summed E-state index contributed by atoms with van der Waals surface area (Å²) in [5.74, 6) is -0.500. The Kier molecular flexibility index (Phi) is 2.63. The second kappa shape index (κ2) is 3.71. The van der Waals surface area contributed by atoms with Crippen molar-refractivity contribution in [2.24, 2.45) is 10.7 Å². The number of primary amides is 1. The summed E-state index contributed by atoms with van der Waals surface area (Å²) >= 11 is 0. The molecule has 0 saturated heterocycles. The predicted molar refractivity (Wildman–Crippen MR) is 47.5 cm³/mol. The maximum Gasteiger partial charge on any atom is 0.268 e. The van der Waals surface area contributed by atoms with Gasteiger partial charge in [0.2, 0.25) is 0 Å². The van der Waals surface area contributed by atoms with Gasteiger partial charge in [0.15, 0.2) is 0 Å². The molecule has 12 heavy (non-hydrogen) atoms. The smallest absolute Gasteiger partial charge is 0.268 e. The Balaban J connectivity index is 2.68. The van der Waals surface area contributed by atoms with Crippen LogP contribution in [-0.2, 0) is 4.79 Å². The third kappa shape index (κ3) is 1.95. The molecule has 0 aromatic carbocycles. The number of hydrogen-bond acceptors (Lipinski definition) is 3. The maximum absolute atomic E-state index is 10.7. The van der Waals surface area contributed by atoms with Gasteiger partial charge in [-0.3, -0.25) is 9.79 Å². The van der Waals surface area contributed by atoms with Gasteiger partial charge < -0.3 is 10.6 Å². The lowest BCUT2D eigenvalue weighted by atomic mass is 10.3. The van der Waals surface area contributed by atoms with E-state index in [1.165, 1.54) is 0 Å². The van der Waals surface area contributed by atoms with Crippen LogP contribution in [0.4, 0.5) is 0 Å². The Bertz CT molecular complexity index is 253.